The summed E-state index contributed by atoms with van der Waals surface area (Å²) in [6, 6.07) is 5.26. The Balaban J connectivity index is 2.49. The summed E-state index contributed by atoms with van der Waals surface area (Å²) in [5.74, 6) is 0.305. The Bertz CT molecular complexity index is 749. The highest BCUT2D eigenvalue weighted by molar-refractivity contribution is 6.48. The molecule has 1 aromatic carbocycles. The van der Waals surface area contributed by atoms with Crippen molar-refractivity contribution in [2.75, 3.05) is 6.61 Å². The zero-order chi connectivity index (χ0) is 16.1. The highest BCUT2D eigenvalue weighted by Crippen LogP contribution is 2.36. The van der Waals surface area contributed by atoms with E-state index in [4.69, 9.17) is 44.8 Å². The van der Waals surface area contributed by atoms with Gasteiger partial charge in [-0.05, 0) is 18.6 Å². The lowest BCUT2D eigenvalue weighted by Gasteiger charge is -2.09. The van der Waals surface area contributed by atoms with E-state index < -0.39 is 0 Å². The van der Waals surface area contributed by atoms with Crippen LogP contribution in [0.2, 0.25) is 15.1 Å². The molecule has 114 valence electrons. The fourth-order valence-corrected chi connectivity index (χ4v) is 2.27. The molecule has 1 heterocycles. The van der Waals surface area contributed by atoms with Gasteiger partial charge in [0.25, 0.3) is 0 Å². The van der Waals surface area contributed by atoms with E-state index in [1.54, 1.807) is 12.1 Å². The topological polar surface area (TPSA) is 63.2 Å². The lowest BCUT2D eigenvalue weighted by Crippen LogP contribution is -1.98. The molecule has 0 unspecified atom stereocenters. The third-order valence-electron chi connectivity index (χ3n) is 2.68. The number of hydrogen-bond donors (Lipinski definition) is 0. The Morgan fingerprint density at radius 3 is 2.82 bits per heavy atom. The Labute approximate surface area is 142 Å². The van der Waals surface area contributed by atoms with Crippen LogP contribution >= 0.6 is 34.8 Å². The van der Waals surface area contributed by atoms with E-state index in [9.17, 15) is 0 Å². The third kappa shape index (κ3) is 3.36. The molecule has 0 saturated heterocycles. The van der Waals surface area contributed by atoms with Crippen molar-refractivity contribution in [2.45, 2.75) is 13.3 Å². The molecule has 22 heavy (non-hydrogen) atoms. The summed E-state index contributed by atoms with van der Waals surface area (Å²) in [6.07, 6.45) is 3.53. The van der Waals surface area contributed by atoms with Crippen LogP contribution in [0.15, 0.2) is 23.3 Å². The van der Waals surface area contributed by atoms with Crippen molar-refractivity contribution in [1.82, 2.24) is 9.78 Å². The molecule has 0 spiro atoms. The van der Waals surface area contributed by atoms with Gasteiger partial charge >= 0.3 is 0 Å². The highest BCUT2D eigenvalue weighted by atomic mass is 35.5. The normalized spacial score (nSPS) is 10.9. The number of benzene rings is 1. The van der Waals surface area contributed by atoms with E-state index >= 15 is 0 Å². The average Bonchev–Trinajstić information content (AvgIpc) is 2.92. The van der Waals surface area contributed by atoms with E-state index in [2.05, 4.69) is 10.1 Å². The molecule has 2 aromatic rings. The van der Waals surface area contributed by atoms with Gasteiger partial charge in [0.15, 0.2) is 12.2 Å². The van der Waals surface area contributed by atoms with Gasteiger partial charge in [-0.15, -0.1) is 0 Å². The van der Waals surface area contributed by atoms with Crippen LogP contribution in [0.5, 0.6) is 0 Å². The Morgan fingerprint density at radius 1 is 1.36 bits per heavy atom. The van der Waals surface area contributed by atoms with Gasteiger partial charge in [0.05, 0.1) is 33.6 Å². The average molecular weight is 358 g/mol. The van der Waals surface area contributed by atoms with Crippen LogP contribution in [0.25, 0.3) is 5.69 Å². The summed E-state index contributed by atoms with van der Waals surface area (Å²) in [4.78, 5) is 4.14. The van der Waals surface area contributed by atoms with Crippen molar-refractivity contribution < 1.29 is 4.74 Å². The van der Waals surface area contributed by atoms with Gasteiger partial charge in [0.2, 0.25) is 0 Å². The minimum absolute atomic E-state index is 0.215. The number of ether oxygens (including phenoxy) is 1. The van der Waals surface area contributed by atoms with Crippen molar-refractivity contribution >= 4 is 47.0 Å². The van der Waals surface area contributed by atoms with Crippen LogP contribution in [-0.4, -0.2) is 22.8 Å². The standard InChI is InChI=1S/C14H11Cl3N4O/c1-2-5-22-8-19-14-9(6-18)7-20-21(14)11-4-3-10(15)12(16)13(11)17/h3-4,7-8H,2,5H2,1H3. The maximum absolute atomic E-state index is 9.15. The maximum atomic E-state index is 9.15. The molecule has 0 aliphatic rings. The second-order valence-corrected chi connectivity index (χ2v) is 5.37. The lowest BCUT2D eigenvalue weighted by molar-refractivity contribution is 0.319. The first-order valence-electron chi connectivity index (χ1n) is 6.36. The van der Waals surface area contributed by atoms with Gasteiger partial charge in [0.1, 0.15) is 11.6 Å². The van der Waals surface area contributed by atoms with Crippen LogP contribution < -0.4 is 0 Å². The van der Waals surface area contributed by atoms with Crippen molar-refractivity contribution in [1.29, 1.82) is 5.26 Å². The fraction of sp³-hybridized carbons (Fsp3) is 0.214. The molecule has 0 atom stereocenters. The number of aromatic nitrogens is 2. The molecule has 0 N–H and O–H groups in total. The number of nitrogens with zero attached hydrogens (tertiary/aromatic N) is 4. The Hall–Kier alpha value is -1.74. The van der Waals surface area contributed by atoms with E-state index in [0.717, 1.165) is 6.42 Å². The first kappa shape index (κ1) is 16.6. The molecular formula is C14H11Cl3N4O. The SMILES string of the molecule is CCCOC=Nc1c(C#N)cnn1-c1ccc(Cl)c(Cl)c1Cl. The number of hydrogen-bond acceptors (Lipinski definition) is 4. The molecule has 1 aromatic heterocycles. The molecule has 2 rings (SSSR count). The lowest BCUT2D eigenvalue weighted by atomic mass is 10.3. The summed E-state index contributed by atoms with van der Waals surface area (Å²) in [6.45, 7) is 2.52. The number of aliphatic imine (C=N–C) groups is 1. The second kappa shape index (κ2) is 7.50. The minimum Gasteiger partial charge on any atom is -0.483 e. The second-order valence-electron chi connectivity index (χ2n) is 4.21. The van der Waals surface area contributed by atoms with Crippen LogP contribution in [0.3, 0.4) is 0 Å². The van der Waals surface area contributed by atoms with Gasteiger partial charge in [-0.3, -0.25) is 0 Å². The maximum Gasteiger partial charge on any atom is 0.176 e. The van der Waals surface area contributed by atoms with E-state index in [0.29, 0.717) is 28.7 Å². The minimum atomic E-state index is 0.215. The highest BCUT2D eigenvalue weighted by Gasteiger charge is 2.16. The van der Waals surface area contributed by atoms with E-state index in [1.807, 2.05) is 13.0 Å². The molecule has 0 aliphatic heterocycles. The zero-order valence-corrected chi connectivity index (χ0v) is 13.8. The molecule has 0 aliphatic carbocycles. The molecule has 0 radical (unpaired) electrons. The largest absolute Gasteiger partial charge is 0.483 e. The molecule has 0 saturated carbocycles. The van der Waals surface area contributed by atoms with Crippen molar-refractivity contribution in [3.05, 3.63) is 39.0 Å². The summed E-state index contributed by atoms with van der Waals surface area (Å²) >= 11 is 18.2. The molecule has 0 fully saturated rings. The van der Waals surface area contributed by atoms with Crippen molar-refractivity contribution in [2.24, 2.45) is 4.99 Å². The molecule has 8 heteroatoms. The predicted octanol–water partition coefficient (Wildman–Crippen LogP) is 4.79. The van der Waals surface area contributed by atoms with Crippen molar-refractivity contribution in [3.63, 3.8) is 0 Å². The molecular weight excluding hydrogens is 347 g/mol. The molecule has 5 nitrogen and oxygen atoms in total. The number of rotatable bonds is 5. The monoisotopic (exact) mass is 356 g/mol. The van der Waals surface area contributed by atoms with Crippen LogP contribution in [-0.2, 0) is 4.74 Å². The van der Waals surface area contributed by atoms with Gasteiger partial charge in [0, 0.05) is 0 Å². The smallest absolute Gasteiger partial charge is 0.176 e. The van der Waals surface area contributed by atoms with Crippen molar-refractivity contribution in [3.8, 4) is 11.8 Å². The quantitative estimate of drug-likeness (QED) is 0.334. The Kier molecular flexibility index (Phi) is 5.67. The first-order chi connectivity index (χ1) is 10.6. The van der Waals surface area contributed by atoms with Gasteiger partial charge in [-0.1, -0.05) is 41.7 Å². The van der Waals surface area contributed by atoms with Gasteiger partial charge < -0.3 is 4.74 Å². The van der Waals surface area contributed by atoms with E-state index in [-0.39, 0.29) is 10.0 Å². The Morgan fingerprint density at radius 2 is 2.14 bits per heavy atom. The van der Waals surface area contributed by atoms with Crippen LogP contribution in [0.1, 0.15) is 18.9 Å². The van der Waals surface area contributed by atoms with Crippen LogP contribution in [0.4, 0.5) is 5.82 Å². The molecule has 0 bridgehead atoms. The number of nitriles is 1. The summed E-state index contributed by atoms with van der Waals surface area (Å²) in [7, 11) is 0. The van der Waals surface area contributed by atoms with Gasteiger partial charge in [-0.2, -0.15) is 15.4 Å². The summed E-state index contributed by atoms with van der Waals surface area (Å²) in [5.41, 5.74) is 0.763. The third-order valence-corrected chi connectivity index (χ3v) is 3.96. The number of halogens is 3. The summed E-state index contributed by atoms with van der Waals surface area (Å²) < 4.78 is 6.61. The zero-order valence-electron chi connectivity index (χ0n) is 11.6. The van der Waals surface area contributed by atoms with E-state index in [1.165, 1.54) is 17.3 Å². The van der Waals surface area contributed by atoms with Crippen LogP contribution in [0, 0.1) is 11.3 Å². The first-order valence-corrected chi connectivity index (χ1v) is 7.49. The fourth-order valence-electron chi connectivity index (χ4n) is 1.66. The predicted molar refractivity (Wildman–Crippen MR) is 87.7 cm³/mol. The summed E-state index contributed by atoms with van der Waals surface area (Å²) in [5, 5.41) is 14.1. The van der Waals surface area contributed by atoms with Gasteiger partial charge in [-0.25, -0.2) is 4.68 Å². The molecule has 0 amide bonds.